The molecule has 0 bridgehead atoms. The van der Waals surface area contributed by atoms with Crippen molar-refractivity contribution in [2.45, 2.75) is 30.0 Å². The largest absolute Gasteiger partial charge is 0.417 e. The van der Waals surface area contributed by atoms with E-state index >= 15 is 0 Å². The van der Waals surface area contributed by atoms with E-state index in [4.69, 9.17) is 4.55 Å². The Kier molecular flexibility index (Phi) is 5.88. The maximum absolute atomic E-state index is 13.4. The second-order valence-corrected chi connectivity index (χ2v) is 8.12. The summed E-state index contributed by atoms with van der Waals surface area (Å²) in [4.78, 5) is 21.1. The third-order valence-corrected chi connectivity index (χ3v) is 5.24. The lowest BCUT2D eigenvalue weighted by atomic mass is 10.1. The predicted molar refractivity (Wildman–Crippen MR) is 97.6 cm³/mol. The summed E-state index contributed by atoms with van der Waals surface area (Å²) in [5.41, 5.74) is -1.94. The molecule has 3 rings (SSSR count). The number of nitrogens with zero attached hydrogens (tertiary/aromatic N) is 3. The first-order valence-electron chi connectivity index (χ1n) is 8.71. The Bertz CT molecular complexity index is 1100. The van der Waals surface area contributed by atoms with Crippen LogP contribution in [0.2, 0.25) is 0 Å². The van der Waals surface area contributed by atoms with E-state index in [1.54, 1.807) is 0 Å². The van der Waals surface area contributed by atoms with Gasteiger partial charge >= 0.3 is 16.3 Å². The number of hydrogen-bond acceptors (Lipinski definition) is 6. The number of anilines is 2. The van der Waals surface area contributed by atoms with Gasteiger partial charge in [0.15, 0.2) is 5.03 Å². The van der Waals surface area contributed by atoms with E-state index in [1.807, 2.05) is 0 Å². The molecule has 2 aromatic heterocycles. The summed E-state index contributed by atoms with van der Waals surface area (Å²) in [5, 5.41) is 1.42. The highest BCUT2D eigenvalue weighted by Crippen LogP contribution is 2.34. The van der Waals surface area contributed by atoms with Crippen molar-refractivity contribution in [1.29, 1.82) is 0 Å². The van der Waals surface area contributed by atoms with E-state index in [9.17, 15) is 35.2 Å². The molecule has 2 N–H and O–H groups in total. The maximum Gasteiger partial charge on any atom is 0.417 e. The molecule has 3 heterocycles. The third kappa shape index (κ3) is 5.44. The first-order chi connectivity index (χ1) is 14.3. The molecule has 1 amide bonds. The van der Waals surface area contributed by atoms with Gasteiger partial charge < -0.3 is 10.2 Å². The van der Waals surface area contributed by atoms with Crippen LogP contribution in [0.4, 0.5) is 33.5 Å². The van der Waals surface area contributed by atoms with E-state index in [2.05, 4.69) is 15.3 Å². The highest BCUT2D eigenvalue weighted by atomic mass is 32.2. The molecule has 0 spiro atoms. The van der Waals surface area contributed by atoms with Gasteiger partial charge in [0.25, 0.3) is 11.8 Å². The summed E-state index contributed by atoms with van der Waals surface area (Å²) < 4.78 is 97.7. The zero-order chi connectivity index (χ0) is 23.0. The number of nitrogens with one attached hydrogen (secondary N) is 1. The molecule has 2 aromatic rings. The molecule has 14 heteroatoms. The first kappa shape index (κ1) is 22.8. The van der Waals surface area contributed by atoms with Crippen LogP contribution < -0.4 is 10.2 Å². The molecule has 1 aliphatic heterocycles. The second-order valence-electron chi connectivity index (χ2n) is 6.75. The maximum atomic E-state index is 13.4. The minimum atomic E-state index is -4.82. The number of carbonyl (C=O) groups is 1. The van der Waals surface area contributed by atoms with Crippen LogP contribution >= 0.6 is 0 Å². The van der Waals surface area contributed by atoms with Crippen LogP contribution in [0.25, 0.3) is 0 Å². The average Bonchev–Trinajstić information content (AvgIpc) is 2.66. The average molecular weight is 466 g/mol. The normalized spacial score (nSPS) is 16.8. The number of rotatable bonds is 4. The van der Waals surface area contributed by atoms with Gasteiger partial charge in [0, 0.05) is 50.1 Å². The summed E-state index contributed by atoms with van der Waals surface area (Å²) >= 11 is 0. The zero-order valence-corrected chi connectivity index (χ0v) is 16.3. The van der Waals surface area contributed by atoms with Gasteiger partial charge in [-0.1, -0.05) is 0 Å². The van der Waals surface area contributed by atoms with Crippen LogP contribution in [0.15, 0.2) is 35.6 Å². The summed E-state index contributed by atoms with van der Waals surface area (Å²) in [6.07, 6.45) is -4.47. The molecular formula is C17H15F5N4O4S. The van der Waals surface area contributed by atoms with Gasteiger partial charge in [-0.25, -0.2) is 18.7 Å². The number of piperidine rings is 1. The first-order valence-corrected chi connectivity index (χ1v) is 10.2. The molecule has 1 aliphatic rings. The molecule has 1 fully saturated rings. The topological polar surface area (TPSA) is 112 Å². The molecular weight excluding hydrogens is 451 g/mol. The SMILES string of the molecule is O=C(Nc1ccnc(S(=O)(=O)O)c1)c1cc(C(F)(F)F)cnc1N1CCC(F)(F)CC1. The van der Waals surface area contributed by atoms with Crippen molar-refractivity contribution in [2.75, 3.05) is 23.3 Å². The number of alkyl halides is 5. The molecule has 0 saturated carbocycles. The minimum absolute atomic E-state index is 0.179. The van der Waals surface area contributed by atoms with E-state index in [-0.39, 0.29) is 24.6 Å². The van der Waals surface area contributed by atoms with Gasteiger partial charge in [-0.2, -0.15) is 21.6 Å². The van der Waals surface area contributed by atoms with Crippen molar-refractivity contribution in [2.24, 2.45) is 0 Å². The zero-order valence-electron chi connectivity index (χ0n) is 15.5. The Hall–Kier alpha value is -2.87. The van der Waals surface area contributed by atoms with E-state index in [0.717, 1.165) is 18.3 Å². The van der Waals surface area contributed by atoms with Gasteiger partial charge in [0.2, 0.25) is 0 Å². The number of amides is 1. The molecule has 1 saturated heterocycles. The Morgan fingerprint density at radius 3 is 2.39 bits per heavy atom. The van der Waals surface area contributed by atoms with Gasteiger partial charge in [0.05, 0.1) is 11.1 Å². The fourth-order valence-electron chi connectivity index (χ4n) is 2.90. The lowest BCUT2D eigenvalue weighted by Gasteiger charge is -2.33. The van der Waals surface area contributed by atoms with Crippen molar-refractivity contribution in [1.82, 2.24) is 9.97 Å². The van der Waals surface area contributed by atoms with Crippen LogP contribution in [0, 0.1) is 0 Å². The molecule has 31 heavy (non-hydrogen) atoms. The Labute approximate surface area is 172 Å². The summed E-state index contributed by atoms with van der Waals surface area (Å²) in [6.45, 7) is -0.457. The number of carbonyl (C=O) groups excluding carboxylic acids is 1. The standard InChI is InChI=1S/C17H15F5N4O4S/c18-16(19)2-5-26(6-3-16)14-12(7-10(9-24-14)17(20,21)22)15(27)25-11-1-4-23-13(8-11)31(28,29)30/h1,4,7-9H,2-3,5-6H2,(H,23,25,27)(H,28,29,30). The summed E-state index contributed by atoms with van der Waals surface area (Å²) in [5.74, 6) is -4.22. The monoisotopic (exact) mass is 466 g/mol. The van der Waals surface area contributed by atoms with Gasteiger partial charge in [-0.3, -0.25) is 9.35 Å². The fraction of sp³-hybridized carbons (Fsp3) is 0.353. The van der Waals surface area contributed by atoms with Crippen molar-refractivity contribution in [3.8, 4) is 0 Å². The number of hydrogen-bond donors (Lipinski definition) is 2. The van der Waals surface area contributed by atoms with E-state index < -0.39 is 57.1 Å². The Morgan fingerprint density at radius 1 is 1.16 bits per heavy atom. The number of aromatic nitrogens is 2. The van der Waals surface area contributed by atoms with Crippen molar-refractivity contribution < 1.29 is 39.7 Å². The van der Waals surface area contributed by atoms with Crippen LogP contribution in [0.5, 0.6) is 0 Å². The van der Waals surface area contributed by atoms with Gasteiger partial charge in [-0.05, 0) is 12.1 Å². The van der Waals surface area contributed by atoms with Gasteiger partial charge in [-0.15, -0.1) is 0 Å². The predicted octanol–water partition coefficient (Wildman–Crippen LogP) is 3.23. The minimum Gasteiger partial charge on any atom is -0.356 e. The van der Waals surface area contributed by atoms with E-state index in [1.165, 1.54) is 4.90 Å². The fourth-order valence-corrected chi connectivity index (χ4v) is 3.37. The number of pyridine rings is 2. The van der Waals surface area contributed by atoms with Crippen molar-refractivity contribution in [3.05, 3.63) is 41.7 Å². The number of halogens is 5. The Morgan fingerprint density at radius 2 is 1.81 bits per heavy atom. The molecule has 0 atom stereocenters. The molecule has 8 nitrogen and oxygen atoms in total. The Balaban J connectivity index is 1.96. The van der Waals surface area contributed by atoms with Crippen LogP contribution in [0.1, 0.15) is 28.8 Å². The molecule has 0 radical (unpaired) electrons. The van der Waals surface area contributed by atoms with Crippen LogP contribution in [-0.2, 0) is 16.3 Å². The lowest BCUT2D eigenvalue weighted by Crippen LogP contribution is -2.40. The molecule has 0 aliphatic carbocycles. The molecule has 0 aromatic carbocycles. The van der Waals surface area contributed by atoms with Crippen molar-refractivity contribution in [3.63, 3.8) is 0 Å². The van der Waals surface area contributed by atoms with Gasteiger partial charge in [0.1, 0.15) is 5.82 Å². The quantitative estimate of drug-likeness (QED) is 0.526. The summed E-state index contributed by atoms with van der Waals surface area (Å²) in [6, 6.07) is 2.49. The molecule has 0 unspecified atom stereocenters. The summed E-state index contributed by atoms with van der Waals surface area (Å²) in [7, 11) is -4.69. The highest BCUT2D eigenvalue weighted by molar-refractivity contribution is 7.85. The third-order valence-electron chi connectivity index (χ3n) is 4.49. The molecule has 168 valence electrons. The lowest BCUT2D eigenvalue weighted by molar-refractivity contribution is -0.137. The van der Waals surface area contributed by atoms with E-state index in [0.29, 0.717) is 12.3 Å². The second kappa shape index (κ2) is 8.00. The highest BCUT2D eigenvalue weighted by Gasteiger charge is 2.37. The smallest absolute Gasteiger partial charge is 0.356 e. The van der Waals surface area contributed by atoms with Crippen LogP contribution in [-0.4, -0.2) is 47.9 Å². The van der Waals surface area contributed by atoms with Crippen molar-refractivity contribution >= 4 is 27.5 Å². The van der Waals surface area contributed by atoms with Crippen LogP contribution in [0.3, 0.4) is 0 Å².